The number of hydrogen-bond donors (Lipinski definition) is 0. The summed E-state index contributed by atoms with van der Waals surface area (Å²) < 4.78 is 95.3. The molecule has 0 amide bonds. The van der Waals surface area contributed by atoms with Crippen molar-refractivity contribution in [2.75, 3.05) is 14.4 Å². The summed E-state index contributed by atoms with van der Waals surface area (Å²) in [5.41, 5.74) is 0. The van der Waals surface area contributed by atoms with Crippen LogP contribution in [0.5, 0.6) is 0 Å². The highest BCUT2D eigenvalue weighted by molar-refractivity contribution is 4.73. The van der Waals surface area contributed by atoms with Gasteiger partial charge in [-0.2, -0.15) is 26.3 Å². The van der Waals surface area contributed by atoms with Gasteiger partial charge in [0.25, 0.3) is 6.17 Å². The van der Waals surface area contributed by atoms with E-state index in [0.717, 1.165) is 0 Å². The summed E-state index contributed by atoms with van der Waals surface area (Å²) in [6.45, 7) is 0. The van der Waals surface area contributed by atoms with Gasteiger partial charge in [-0.05, 0) is 0 Å². The molecule has 0 radical (unpaired) electrons. The van der Waals surface area contributed by atoms with Crippen molar-refractivity contribution in [3.63, 3.8) is 0 Å². The molecule has 0 heterocycles. The molecule has 0 aromatic heterocycles. The molecule has 0 aromatic rings. The van der Waals surface area contributed by atoms with Crippen molar-refractivity contribution in [3.05, 3.63) is 0 Å². The summed E-state index contributed by atoms with van der Waals surface area (Å²) in [7, 11) is 1.00. The van der Waals surface area contributed by atoms with Crippen LogP contribution in [0.4, 0.5) is 39.5 Å². The molecule has 0 rings (SSSR count). The first-order chi connectivity index (χ1) is 6.15. The average Bonchev–Trinajstić information content (AvgIpc) is 2.07. The molecule has 98 valence electrons. The van der Waals surface area contributed by atoms with Crippen LogP contribution >= 0.6 is 0 Å². The minimum atomic E-state index is -5.85. The smallest absolute Gasteiger partial charge is 0.255 e. The van der Waals surface area contributed by atoms with Crippen LogP contribution < -0.4 is 0 Å². The quantitative estimate of drug-likeness (QED) is 0.567. The molecule has 9 heteroatoms. The number of halogens is 9. The van der Waals surface area contributed by atoms with Gasteiger partial charge in [-0.25, -0.2) is 4.39 Å². The maximum Gasteiger partial charge on any atom is 0.428 e. The first kappa shape index (κ1) is 23.9. The molecule has 0 aliphatic rings. The Morgan fingerprint density at radius 1 is 0.667 bits per heavy atom. The molecule has 0 unspecified atom stereocenters. The van der Waals surface area contributed by atoms with Gasteiger partial charge in [0.05, 0.1) is 14.4 Å². The standard InChI is InChI=1S/C3HF7.2CH3F.CH4/c4-1(2(5,6)7)3(8,9)10;2*1-2;/h1H;2*1H3;1H4. The van der Waals surface area contributed by atoms with Crippen LogP contribution in [0.1, 0.15) is 7.43 Å². The first-order valence-electron chi connectivity index (χ1n) is 2.69. The number of hydrogen-bond acceptors (Lipinski definition) is 0. The third kappa shape index (κ3) is 13.4. The van der Waals surface area contributed by atoms with E-state index in [1.807, 2.05) is 0 Å². The highest BCUT2D eigenvalue weighted by Crippen LogP contribution is 2.35. The molecule has 0 nitrogen and oxygen atoms in total. The predicted molar refractivity (Wildman–Crippen MR) is 37.8 cm³/mol. The normalized spacial score (nSPS) is 10.4. The zero-order valence-electron chi connectivity index (χ0n) is 6.98. The van der Waals surface area contributed by atoms with Gasteiger partial charge in [0.1, 0.15) is 0 Å². The molecular weight excluding hydrogens is 243 g/mol. The lowest BCUT2D eigenvalue weighted by Gasteiger charge is -2.14. The molecular formula is C6H11F9. The highest BCUT2D eigenvalue weighted by atomic mass is 19.4. The van der Waals surface area contributed by atoms with E-state index in [1.54, 1.807) is 0 Å². The number of alkyl halides is 9. The Balaban J connectivity index is -0.000000107. The lowest BCUT2D eigenvalue weighted by atomic mass is 10.4. The van der Waals surface area contributed by atoms with E-state index in [4.69, 9.17) is 0 Å². The van der Waals surface area contributed by atoms with E-state index in [9.17, 15) is 39.5 Å². The summed E-state index contributed by atoms with van der Waals surface area (Å²) in [5, 5.41) is 0. The fourth-order valence-corrected chi connectivity index (χ4v) is 0.186. The van der Waals surface area contributed by atoms with Gasteiger partial charge in [0, 0.05) is 0 Å². The molecule has 0 bridgehead atoms. The summed E-state index contributed by atoms with van der Waals surface area (Å²) in [4.78, 5) is 0. The topological polar surface area (TPSA) is 0 Å². The predicted octanol–water partition coefficient (Wildman–Crippen LogP) is 4.26. The van der Waals surface area contributed by atoms with Crippen molar-refractivity contribution in [1.82, 2.24) is 0 Å². The molecule has 0 saturated heterocycles. The minimum absolute atomic E-state index is 0. The monoisotopic (exact) mass is 254 g/mol. The van der Waals surface area contributed by atoms with Crippen molar-refractivity contribution < 1.29 is 39.5 Å². The SMILES string of the molecule is C.CF.CF.FC(C(F)(F)F)C(F)(F)F. The van der Waals surface area contributed by atoms with Crippen LogP contribution in [0.2, 0.25) is 0 Å². The third-order valence-corrected chi connectivity index (χ3v) is 0.575. The van der Waals surface area contributed by atoms with Crippen molar-refractivity contribution in [1.29, 1.82) is 0 Å². The zero-order chi connectivity index (χ0) is 12.6. The van der Waals surface area contributed by atoms with Crippen molar-refractivity contribution in [2.45, 2.75) is 26.0 Å². The molecule has 0 N–H and O–H groups in total. The minimum Gasteiger partial charge on any atom is -0.255 e. The number of rotatable bonds is 0. The van der Waals surface area contributed by atoms with Gasteiger partial charge in [-0.15, -0.1) is 0 Å². The molecule has 0 aliphatic heterocycles. The van der Waals surface area contributed by atoms with E-state index < -0.39 is 18.5 Å². The maximum atomic E-state index is 11.2. The van der Waals surface area contributed by atoms with Gasteiger partial charge < -0.3 is 0 Å². The largest absolute Gasteiger partial charge is 0.428 e. The molecule has 15 heavy (non-hydrogen) atoms. The fraction of sp³-hybridized carbons (Fsp3) is 1.00. The molecule has 0 saturated carbocycles. The Labute approximate surface area is 81.1 Å². The molecule has 0 aliphatic carbocycles. The van der Waals surface area contributed by atoms with Crippen molar-refractivity contribution in [2.24, 2.45) is 0 Å². The summed E-state index contributed by atoms with van der Waals surface area (Å²) >= 11 is 0. The second-order valence-electron chi connectivity index (χ2n) is 1.45. The Hall–Kier alpha value is -0.630. The Kier molecular flexibility index (Phi) is 15.8. The summed E-state index contributed by atoms with van der Waals surface area (Å²) in [6, 6.07) is 0. The van der Waals surface area contributed by atoms with E-state index in [2.05, 4.69) is 0 Å². The Morgan fingerprint density at radius 3 is 0.800 bits per heavy atom. The molecule has 0 spiro atoms. The van der Waals surface area contributed by atoms with Crippen LogP contribution in [-0.4, -0.2) is 32.9 Å². The van der Waals surface area contributed by atoms with E-state index in [-0.39, 0.29) is 7.43 Å². The average molecular weight is 254 g/mol. The summed E-state index contributed by atoms with van der Waals surface area (Å²) in [5.74, 6) is 0. The van der Waals surface area contributed by atoms with Crippen molar-refractivity contribution >= 4 is 0 Å². The first-order valence-corrected chi connectivity index (χ1v) is 2.69. The summed E-state index contributed by atoms with van der Waals surface area (Å²) in [6.07, 6.45) is -16.4. The zero-order valence-corrected chi connectivity index (χ0v) is 6.98. The second-order valence-corrected chi connectivity index (χ2v) is 1.45. The molecule has 0 aromatic carbocycles. The molecule has 0 fully saturated rings. The molecule has 0 atom stereocenters. The maximum absolute atomic E-state index is 11.2. The van der Waals surface area contributed by atoms with Gasteiger partial charge in [-0.3, -0.25) is 8.78 Å². The van der Waals surface area contributed by atoms with Crippen LogP contribution in [0.15, 0.2) is 0 Å². The van der Waals surface area contributed by atoms with E-state index >= 15 is 0 Å². The van der Waals surface area contributed by atoms with Crippen LogP contribution in [0.3, 0.4) is 0 Å². The lowest BCUT2D eigenvalue weighted by Crippen LogP contribution is -2.38. The Bertz CT molecular complexity index is 98.8. The highest BCUT2D eigenvalue weighted by Gasteiger charge is 2.57. The van der Waals surface area contributed by atoms with Crippen molar-refractivity contribution in [3.8, 4) is 0 Å². The van der Waals surface area contributed by atoms with Gasteiger partial charge in [-0.1, -0.05) is 7.43 Å². The van der Waals surface area contributed by atoms with E-state index in [1.165, 1.54) is 0 Å². The van der Waals surface area contributed by atoms with Gasteiger partial charge in [0.15, 0.2) is 0 Å². The van der Waals surface area contributed by atoms with Gasteiger partial charge in [0.2, 0.25) is 0 Å². The lowest BCUT2D eigenvalue weighted by molar-refractivity contribution is -0.285. The Morgan fingerprint density at radius 2 is 0.800 bits per heavy atom. The van der Waals surface area contributed by atoms with Crippen LogP contribution in [0.25, 0.3) is 0 Å². The third-order valence-electron chi connectivity index (χ3n) is 0.575. The van der Waals surface area contributed by atoms with Crippen LogP contribution in [0, 0.1) is 0 Å². The van der Waals surface area contributed by atoms with Crippen LogP contribution in [-0.2, 0) is 0 Å². The second kappa shape index (κ2) is 9.91. The fourth-order valence-electron chi connectivity index (χ4n) is 0.186. The van der Waals surface area contributed by atoms with E-state index in [0.29, 0.717) is 14.4 Å². The van der Waals surface area contributed by atoms with Gasteiger partial charge >= 0.3 is 12.4 Å².